The van der Waals surface area contributed by atoms with Crippen molar-refractivity contribution in [1.82, 2.24) is 9.97 Å². The van der Waals surface area contributed by atoms with Crippen LogP contribution in [0.4, 0.5) is 5.82 Å². The molecular weight excluding hydrogens is 293 g/mol. The van der Waals surface area contributed by atoms with E-state index in [1.807, 2.05) is 24.3 Å². The molecular formula is C15H15Cl2N3. The molecule has 1 aromatic heterocycles. The smallest absolute Gasteiger partial charge is 0.135 e. The van der Waals surface area contributed by atoms with Crippen molar-refractivity contribution < 1.29 is 0 Å². The molecule has 104 valence electrons. The molecule has 0 bridgehead atoms. The van der Waals surface area contributed by atoms with Crippen molar-refractivity contribution in [2.75, 3.05) is 5.32 Å². The van der Waals surface area contributed by atoms with E-state index in [0.29, 0.717) is 11.1 Å². The number of aromatic nitrogens is 2. The molecule has 0 amide bonds. The van der Waals surface area contributed by atoms with E-state index in [9.17, 15) is 0 Å². The maximum Gasteiger partial charge on any atom is 0.135 e. The van der Waals surface area contributed by atoms with Gasteiger partial charge in [0.2, 0.25) is 0 Å². The van der Waals surface area contributed by atoms with E-state index in [1.54, 1.807) is 6.07 Å². The molecule has 0 radical (unpaired) electrons. The van der Waals surface area contributed by atoms with Gasteiger partial charge in [-0.25, -0.2) is 9.97 Å². The Kier molecular flexibility index (Phi) is 3.81. The molecule has 0 aliphatic heterocycles. The van der Waals surface area contributed by atoms with Crippen LogP contribution in [-0.4, -0.2) is 9.97 Å². The summed E-state index contributed by atoms with van der Waals surface area (Å²) in [4.78, 5) is 8.83. The molecule has 1 N–H and O–H groups in total. The average Bonchev–Trinajstić information content (AvgIpc) is 3.23. The Morgan fingerprint density at radius 2 is 1.85 bits per heavy atom. The Morgan fingerprint density at radius 3 is 2.50 bits per heavy atom. The monoisotopic (exact) mass is 307 g/mol. The van der Waals surface area contributed by atoms with E-state index >= 15 is 0 Å². The molecule has 1 heterocycles. The van der Waals surface area contributed by atoms with E-state index in [0.717, 1.165) is 35.1 Å². The molecule has 20 heavy (non-hydrogen) atoms. The van der Waals surface area contributed by atoms with Crippen LogP contribution >= 0.6 is 23.2 Å². The van der Waals surface area contributed by atoms with Crippen LogP contribution in [0, 0.1) is 0 Å². The Morgan fingerprint density at radius 1 is 1.15 bits per heavy atom. The number of nitrogens with zero attached hydrogens (tertiary/aromatic N) is 2. The highest BCUT2D eigenvalue weighted by atomic mass is 35.5. The molecule has 3 rings (SSSR count). The van der Waals surface area contributed by atoms with Crippen molar-refractivity contribution in [1.29, 1.82) is 0 Å². The summed E-state index contributed by atoms with van der Waals surface area (Å²) in [6, 6.07) is 9.68. The van der Waals surface area contributed by atoms with Gasteiger partial charge in [-0.15, -0.1) is 0 Å². The van der Waals surface area contributed by atoms with Crippen LogP contribution < -0.4 is 5.32 Å². The number of hydrogen-bond acceptors (Lipinski definition) is 3. The molecule has 0 saturated heterocycles. The van der Waals surface area contributed by atoms with E-state index in [-0.39, 0.29) is 6.04 Å². The standard InChI is InChI=1S/C15H15Cl2N3/c1-9(10-4-6-12(16)7-5-10)18-14-8-13(17)19-15(20-14)11-2-3-11/h4-9,11H,2-3H2,1H3,(H,18,19,20). The van der Waals surface area contributed by atoms with Gasteiger partial charge in [0.1, 0.15) is 16.8 Å². The molecule has 0 spiro atoms. The summed E-state index contributed by atoms with van der Waals surface area (Å²) in [5.41, 5.74) is 1.15. The first-order valence-electron chi connectivity index (χ1n) is 6.68. The van der Waals surface area contributed by atoms with Gasteiger partial charge in [0.15, 0.2) is 0 Å². The minimum Gasteiger partial charge on any atom is -0.363 e. The van der Waals surface area contributed by atoms with Gasteiger partial charge >= 0.3 is 0 Å². The molecule has 5 heteroatoms. The summed E-state index contributed by atoms with van der Waals surface area (Å²) in [6.07, 6.45) is 2.32. The number of nitrogens with one attached hydrogen (secondary N) is 1. The lowest BCUT2D eigenvalue weighted by Crippen LogP contribution is -2.09. The third-order valence-corrected chi connectivity index (χ3v) is 3.83. The van der Waals surface area contributed by atoms with Crippen LogP contribution in [0.15, 0.2) is 30.3 Å². The molecule has 1 aliphatic rings. The minimum atomic E-state index is 0.130. The Balaban J connectivity index is 1.78. The van der Waals surface area contributed by atoms with E-state index in [4.69, 9.17) is 23.2 Å². The van der Waals surface area contributed by atoms with E-state index in [2.05, 4.69) is 22.2 Å². The van der Waals surface area contributed by atoms with Crippen LogP contribution in [0.2, 0.25) is 10.2 Å². The predicted octanol–water partition coefficient (Wildman–Crippen LogP) is 4.83. The quantitative estimate of drug-likeness (QED) is 0.822. The number of benzene rings is 1. The number of hydrogen-bond donors (Lipinski definition) is 1. The molecule has 2 aromatic rings. The first-order chi connectivity index (χ1) is 9.61. The van der Waals surface area contributed by atoms with Crippen molar-refractivity contribution in [2.45, 2.75) is 31.7 Å². The summed E-state index contributed by atoms with van der Waals surface area (Å²) in [5.74, 6) is 2.11. The van der Waals surface area contributed by atoms with E-state index in [1.165, 1.54) is 0 Å². The molecule has 1 atom stereocenters. The number of halogens is 2. The Bertz CT molecular complexity index is 609. The van der Waals surface area contributed by atoms with Gasteiger partial charge in [0, 0.05) is 23.0 Å². The molecule has 1 aromatic carbocycles. The van der Waals surface area contributed by atoms with Gasteiger partial charge in [-0.05, 0) is 37.5 Å². The second kappa shape index (κ2) is 5.58. The van der Waals surface area contributed by atoms with Crippen molar-refractivity contribution in [3.8, 4) is 0 Å². The van der Waals surface area contributed by atoms with Gasteiger partial charge in [-0.1, -0.05) is 35.3 Å². The van der Waals surface area contributed by atoms with Crippen molar-refractivity contribution in [3.05, 3.63) is 51.9 Å². The van der Waals surface area contributed by atoms with Crippen molar-refractivity contribution in [2.24, 2.45) is 0 Å². The van der Waals surface area contributed by atoms with Gasteiger partial charge in [-0.3, -0.25) is 0 Å². The zero-order chi connectivity index (χ0) is 14.1. The molecule has 3 nitrogen and oxygen atoms in total. The topological polar surface area (TPSA) is 37.8 Å². The normalized spacial score (nSPS) is 15.9. The molecule has 1 unspecified atom stereocenters. The van der Waals surface area contributed by atoms with Crippen LogP contribution in [0.5, 0.6) is 0 Å². The Hall–Kier alpha value is -1.32. The van der Waals surface area contributed by atoms with Crippen LogP contribution in [0.3, 0.4) is 0 Å². The summed E-state index contributed by atoms with van der Waals surface area (Å²) in [6.45, 7) is 2.08. The minimum absolute atomic E-state index is 0.130. The number of anilines is 1. The lowest BCUT2D eigenvalue weighted by Gasteiger charge is -2.15. The van der Waals surface area contributed by atoms with Crippen molar-refractivity contribution >= 4 is 29.0 Å². The zero-order valence-corrected chi connectivity index (χ0v) is 12.6. The first-order valence-corrected chi connectivity index (χ1v) is 7.44. The number of rotatable bonds is 4. The molecule has 1 aliphatic carbocycles. The molecule has 1 fully saturated rings. The van der Waals surface area contributed by atoms with E-state index < -0.39 is 0 Å². The van der Waals surface area contributed by atoms with Gasteiger partial charge in [-0.2, -0.15) is 0 Å². The Labute approximate surface area is 128 Å². The third kappa shape index (κ3) is 3.22. The third-order valence-electron chi connectivity index (χ3n) is 3.39. The van der Waals surface area contributed by atoms with Gasteiger partial charge in [0.25, 0.3) is 0 Å². The lowest BCUT2D eigenvalue weighted by molar-refractivity contribution is 0.854. The molecule has 1 saturated carbocycles. The maximum atomic E-state index is 6.06. The second-order valence-electron chi connectivity index (χ2n) is 5.13. The lowest BCUT2D eigenvalue weighted by atomic mass is 10.1. The fourth-order valence-corrected chi connectivity index (χ4v) is 2.41. The fraction of sp³-hybridized carbons (Fsp3) is 0.333. The average molecular weight is 308 g/mol. The van der Waals surface area contributed by atoms with Crippen LogP contribution in [0.1, 0.15) is 43.1 Å². The summed E-state index contributed by atoms with van der Waals surface area (Å²) in [5, 5.41) is 4.59. The highest BCUT2D eigenvalue weighted by molar-refractivity contribution is 6.30. The second-order valence-corrected chi connectivity index (χ2v) is 5.95. The summed E-state index contributed by atoms with van der Waals surface area (Å²) >= 11 is 12.0. The first kappa shape index (κ1) is 13.7. The van der Waals surface area contributed by atoms with Gasteiger partial charge in [0.05, 0.1) is 0 Å². The maximum absolute atomic E-state index is 6.06. The highest BCUT2D eigenvalue weighted by Gasteiger charge is 2.27. The fourth-order valence-electron chi connectivity index (χ4n) is 2.09. The van der Waals surface area contributed by atoms with Gasteiger partial charge < -0.3 is 5.32 Å². The van der Waals surface area contributed by atoms with Crippen molar-refractivity contribution in [3.63, 3.8) is 0 Å². The summed E-state index contributed by atoms with van der Waals surface area (Å²) in [7, 11) is 0. The summed E-state index contributed by atoms with van der Waals surface area (Å²) < 4.78 is 0. The zero-order valence-electron chi connectivity index (χ0n) is 11.1. The largest absolute Gasteiger partial charge is 0.363 e. The van der Waals surface area contributed by atoms with Crippen LogP contribution in [-0.2, 0) is 0 Å². The predicted molar refractivity (Wildman–Crippen MR) is 82.5 cm³/mol. The van der Waals surface area contributed by atoms with Crippen LogP contribution in [0.25, 0.3) is 0 Å². The highest BCUT2D eigenvalue weighted by Crippen LogP contribution is 2.39. The SMILES string of the molecule is CC(Nc1cc(Cl)nc(C2CC2)n1)c1ccc(Cl)cc1.